The molecule has 0 aromatic carbocycles. The van der Waals surface area contributed by atoms with Gasteiger partial charge in [-0.3, -0.25) is 4.79 Å². The van der Waals surface area contributed by atoms with Crippen LogP contribution >= 0.6 is 0 Å². The quantitative estimate of drug-likeness (QED) is 0.521. The molecule has 1 aromatic rings. The van der Waals surface area contributed by atoms with Crippen LogP contribution in [0.25, 0.3) is 6.20 Å². The third kappa shape index (κ3) is 4.45. The van der Waals surface area contributed by atoms with Crippen molar-refractivity contribution in [2.45, 2.75) is 20.8 Å². The average Bonchev–Trinajstić information content (AvgIpc) is 2.12. The Hall–Kier alpha value is -1.35. The number of nitrogens with zero attached hydrogens (tertiary/aromatic N) is 1. The second kappa shape index (κ2) is 5.66. The summed E-state index contributed by atoms with van der Waals surface area (Å²) in [6, 6.07) is 3.29. The summed E-state index contributed by atoms with van der Waals surface area (Å²) in [5.41, 5.74) is -0.367. The van der Waals surface area contributed by atoms with Crippen molar-refractivity contribution in [3.05, 3.63) is 30.6 Å². The molecule has 88 valence electrons. The van der Waals surface area contributed by atoms with Gasteiger partial charge < -0.3 is 17.5 Å². The van der Waals surface area contributed by atoms with E-state index >= 15 is 0 Å². The van der Waals surface area contributed by atoms with Gasteiger partial charge in [0.25, 0.3) is 0 Å². The molecular weight excluding hydrogens is 226 g/mol. The third-order valence-corrected chi connectivity index (χ3v) is 1.94. The van der Waals surface area contributed by atoms with E-state index in [0.717, 1.165) is 0 Å². The Labute approximate surface area is 102 Å². The summed E-state index contributed by atoms with van der Waals surface area (Å²) in [7, 11) is 0. The first kappa shape index (κ1) is 14.6. The molecule has 0 fully saturated rings. The van der Waals surface area contributed by atoms with Crippen LogP contribution < -0.4 is 17.0 Å². The van der Waals surface area contributed by atoms with Gasteiger partial charge in [0.15, 0.2) is 23.9 Å². The fourth-order valence-corrected chi connectivity index (χ4v) is 0.976. The van der Waals surface area contributed by atoms with Crippen molar-refractivity contribution in [3.63, 3.8) is 0 Å². The van der Waals surface area contributed by atoms with Gasteiger partial charge in [-0.05, 0) is 6.07 Å². The van der Waals surface area contributed by atoms with Crippen LogP contribution in [-0.2, 0) is 4.79 Å². The van der Waals surface area contributed by atoms with E-state index < -0.39 is 0 Å². The standard InChI is InChI=1S/C12H15NO2.ClH/c1-12(2,3)11(15)6-8-13-7-4-5-10(14)9-13;/h4-9H,1-3H3;1H/b8-6+;. The molecule has 1 aromatic heterocycles. The summed E-state index contributed by atoms with van der Waals surface area (Å²) < 4.78 is 1.64. The maximum atomic E-state index is 11.6. The van der Waals surface area contributed by atoms with E-state index in [-0.39, 0.29) is 29.4 Å². The molecule has 1 N–H and O–H groups in total. The first-order chi connectivity index (χ1) is 6.89. The maximum Gasteiger partial charge on any atom is 0.216 e. The molecule has 0 unspecified atom stereocenters. The highest BCUT2D eigenvalue weighted by molar-refractivity contribution is 5.95. The molecule has 0 aliphatic heterocycles. The average molecular weight is 242 g/mol. The van der Waals surface area contributed by atoms with Gasteiger partial charge in [-0.25, -0.2) is 0 Å². The molecule has 3 nitrogen and oxygen atoms in total. The van der Waals surface area contributed by atoms with Crippen LogP contribution in [0.3, 0.4) is 0 Å². The van der Waals surface area contributed by atoms with Gasteiger partial charge in [-0.1, -0.05) is 20.8 Å². The maximum absolute atomic E-state index is 11.6. The van der Waals surface area contributed by atoms with Gasteiger partial charge in [-0.15, -0.1) is 0 Å². The van der Waals surface area contributed by atoms with Crippen molar-refractivity contribution in [1.29, 1.82) is 0 Å². The molecule has 0 saturated heterocycles. The summed E-state index contributed by atoms with van der Waals surface area (Å²) in [5, 5.41) is 9.20. The van der Waals surface area contributed by atoms with Crippen LogP contribution in [0.4, 0.5) is 0 Å². The number of ketones is 1. The van der Waals surface area contributed by atoms with E-state index in [1.807, 2.05) is 20.8 Å². The second-order valence-electron chi connectivity index (χ2n) is 4.44. The monoisotopic (exact) mass is 241 g/mol. The Morgan fingerprint density at radius 3 is 2.56 bits per heavy atom. The number of hydrogen-bond donors (Lipinski definition) is 1. The summed E-state index contributed by atoms with van der Waals surface area (Å²) >= 11 is 0. The number of hydrogen-bond acceptors (Lipinski definition) is 2. The van der Waals surface area contributed by atoms with Crippen molar-refractivity contribution >= 4 is 12.0 Å². The summed E-state index contributed by atoms with van der Waals surface area (Å²) in [4.78, 5) is 11.6. The molecular formula is C12H16ClNO2. The first-order valence-corrected chi connectivity index (χ1v) is 4.82. The minimum atomic E-state index is -0.367. The highest BCUT2D eigenvalue weighted by Gasteiger charge is 2.18. The number of aromatic nitrogens is 1. The molecule has 0 amide bonds. The number of halogens is 1. The first-order valence-electron chi connectivity index (χ1n) is 4.82. The predicted molar refractivity (Wildman–Crippen MR) is 58.1 cm³/mol. The van der Waals surface area contributed by atoms with Gasteiger partial charge in [0.05, 0.1) is 0 Å². The lowest BCUT2D eigenvalue weighted by Gasteiger charge is -2.11. The van der Waals surface area contributed by atoms with E-state index in [0.29, 0.717) is 0 Å². The third-order valence-electron chi connectivity index (χ3n) is 1.94. The molecule has 0 atom stereocenters. The van der Waals surface area contributed by atoms with Crippen molar-refractivity contribution in [2.75, 3.05) is 0 Å². The topological polar surface area (TPSA) is 41.2 Å². The minimum absolute atomic E-state index is 0. The minimum Gasteiger partial charge on any atom is -1.00 e. The van der Waals surface area contributed by atoms with E-state index in [4.69, 9.17) is 0 Å². The smallest absolute Gasteiger partial charge is 0.216 e. The molecule has 0 aliphatic rings. The van der Waals surface area contributed by atoms with Crippen LogP contribution in [0.2, 0.25) is 0 Å². The summed E-state index contributed by atoms with van der Waals surface area (Å²) in [5.74, 6) is 0.226. The molecule has 0 aliphatic carbocycles. The Morgan fingerprint density at radius 1 is 1.44 bits per heavy atom. The Kier molecular flexibility index (Phi) is 5.18. The fraction of sp³-hybridized carbons (Fsp3) is 0.333. The Balaban J connectivity index is 0.00000225. The predicted octanol–water partition coefficient (Wildman–Crippen LogP) is -1.23. The molecule has 0 spiro atoms. The van der Waals surface area contributed by atoms with Crippen molar-refractivity contribution in [1.82, 2.24) is 0 Å². The number of aromatic hydroxyl groups is 1. The number of rotatable bonds is 2. The molecule has 16 heavy (non-hydrogen) atoms. The molecule has 1 rings (SSSR count). The lowest BCUT2D eigenvalue weighted by Crippen LogP contribution is -3.00. The summed E-state index contributed by atoms with van der Waals surface area (Å²) in [6.07, 6.45) is 6.44. The van der Waals surface area contributed by atoms with Gasteiger partial charge in [0, 0.05) is 17.6 Å². The van der Waals surface area contributed by atoms with Crippen LogP contribution in [0.1, 0.15) is 20.8 Å². The number of pyridine rings is 1. The van der Waals surface area contributed by atoms with Crippen molar-refractivity contribution < 1.29 is 26.9 Å². The van der Waals surface area contributed by atoms with Crippen LogP contribution in [-0.4, -0.2) is 10.9 Å². The number of carbonyl (C=O) groups excluding carboxylic acids is 1. The van der Waals surface area contributed by atoms with E-state index in [9.17, 15) is 9.90 Å². The lowest BCUT2D eigenvalue weighted by atomic mass is 9.91. The largest absolute Gasteiger partial charge is 1.00 e. The zero-order valence-corrected chi connectivity index (χ0v) is 10.4. The molecule has 0 radical (unpaired) electrons. The SMILES string of the molecule is CC(C)(C)C(=O)/C=C/[n+]1cccc(O)c1.[Cl-]. The van der Waals surface area contributed by atoms with E-state index in [2.05, 4.69) is 0 Å². The summed E-state index contributed by atoms with van der Waals surface area (Å²) in [6.45, 7) is 5.60. The number of allylic oxidation sites excluding steroid dienone is 1. The van der Waals surface area contributed by atoms with Crippen molar-refractivity contribution in [2.24, 2.45) is 5.41 Å². The highest BCUT2D eigenvalue weighted by atomic mass is 35.5. The molecule has 1 heterocycles. The lowest BCUT2D eigenvalue weighted by molar-refractivity contribution is -0.568. The molecule has 0 bridgehead atoms. The van der Waals surface area contributed by atoms with Crippen LogP contribution in [0, 0.1) is 5.41 Å². The highest BCUT2D eigenvalue weighted by Crippen LogP contribution is 2.14. The number of carbonyl (C=O) groups is 1. The Bertz CT molecular complexity index is 394. The normalized spacial score (nSPS) is 11.2. The van der Waals surface area contributed by atoms with Crippen molar-refractivity contribution in [3.8, 4) is 5.75 Å². The van der Waals surface area contributed by atoms with E-state index in [1.54, 1.807) is 29.1 Å². The fourth-order valence-electron chi connectivity index (χ4n) is 0.976. The Morgan fingerprint density at radius 2 is 2.06 bits per heavy atom. The van der Waals surface area contributed by atoms with Gasteiger partial charge in [-0.2, -0.15) is 4.57 Å². The van der Waals surface area contributed by atoms with Gasteiger partial charge >= 0.3 is 0 Å². The molecule has 4 heteroatoms. The van der Waals surface area contributed by atoms with E-state index in [1.165, 1.54) is 12.3 Å². The van der Waals surface area contributed by atoms with Gasteiger partial charge in [0.1, 0.15) is 0 Å². The van der Waals surface area contributed by atoms with Gasteiger partial charge in [0.2, 0.25) is 6.20 Å². The second-order valence-corrected chi connectivity index (χ2v) is 4.44. The zero-order chi connectivity index (χ0) is 11.5. The van der Waals surface area contributed by atoms with Crippen LogP contribution in [0.5, 0.6) is 5.75 Å². The molecule has 0 saturated carbocycles. The van der Waals surface area contributed by atoms with Crippen LogP contribution in [0.15, 0.2) is 30.6 Å². The zero-order valence-electron chi connectivity index (χ0n) is 9.64.